The molecule has 0 bridgehead atoms. The maximum atomic E-state index is 5.30. The van der Waals surface area contributed by atoms with Crippen molar-refractivity contribution >= 4 is 37.5 Å². The predicted molar refractivity (Wildman–Crippen MR) is 89.8 cm³/mol. The first kappa shape index (κ1) is 16.3. The molecule has 1 N–H and O–H groups in total. The molecule has 1 aromatic heterocycles. The van der Waals surface area contributed by atoms with E-state index in [1.165, 1.54) is 0 Å². The van der Waals surface area contributed by atoms with Gasteiger partial charge in [0.15, 0.2) is 0 Å². The molecule has 114 valence electrons. The molecule has 1 aromatic carbocycles. The van der Waals surface area contributed by atoms with E-state index in [1.54, 1.807) is 14.2 Å². The highest BCUT2D eigenvalue weighted by molar-refractivity contribution is 9.11. The molecule has 5 nitrogen and oxygen atoms in total. The lowest BCUT2D eigenvalue weighted by Gasteiger charge is -2.10. The van der Waals surface area contributed by atoms with Crippen molar-refractivity contribution < 1.29 is 9.47 Å². The van der Waals surface area contributed by atoms with Crippen molar-refractivity contribution in [3.8, 4) is 5.75 Å². The molecule has 0 unspecified atom stereocenters. The second kappa shape index (κ2) is 7.82. The van der Waals surface area contributed by atoms with Crippen LogP contribution in [0, 0.1) is 0 Å². The van der Waals surface area contributed by atoms with Gasteiger partial charge in [-0.2, -0.15) is 5.10 Å². The second-order valence-corrected chi connectivity index (χ2v) is 6.14. The van der Waals surface area contributed by atoms with Gasteiger partial charge in [-0.25, -0.2) is 0 Å². The molecule has 0 spiro atoms. The lowest BCUT2D eigenvalue weighted by atomic mass is 10.2. The van der Waals surface area contributed by atoms with Crippen molar-refractivity contribution in [3.05, 3.63) is 39.0 Å². The van der Waals surface area contributed by atoms with Crippen molar-refractivity contribution in [3.63, 3.8) is 0 Å². The Bertz CT molecular complexity index is 579. The molecule has 0 radical (unpaired) electrons. The SMILES string of the molecule is COCCn1cc(NCc2cc(Br)c(OC)c(Br)c2)cn1. The third kappa shape index (κ3) is 4.46. The summed E-state index contributed by atoms with van der Waals surface area (Å²) in [4.78, 5) is 0. The van der Waals surface area contributed by atoms with Gasteiger partial charge < -0.3 is 14.8 Å². The van der Waals surface area contributed by atoms with Gasteiger partial charge in [0.2, 0.25) is 0 Å². The van der Waals surface area contributed by atoms with Gasteiger partial charge in [0, 0.05) is 19.9 Å². The molecule has 0 saturated carbocycles. The van der Waals surface area contributed by atoms with Crippen LogP contribution in [0.3, 0.4) is 0 Å². The summed E-state index contributed by atoms with van der Waals surface area (Å²) in [7, 11) is 3.33. The van der Waals surface area contributed by atoms with Crippen LogP contribution >= 0.6 is 31.9 Å². The van der Waals surface area contributed by atoms with Crippen LogP contribution in [0.2, 0.25) is 0 Å². The van der Waals surface area contributed by atoms with Crippen molar-refractivity contribution in [2.45, 2.75) is 13.1 Å². The fraction of sp³-hybridized carbons (Fsp3) is 0.357. The number of methoxy groups -OCH3 is 2. The van der Waals surface area contributed by atoms with Crippen molar-refractivity contribution in [2.75, 3.05) is 26.1 Å². The van der Waals surface area contributed by atoms with Gasteiger partial charge in [-0.3, -0.25) is 4.68 Å². The normalized spacial score (nSPS) is 10.7. The lowest BCUT2D eigenvalue weighted by Crippen LogP contribution is -2.04. The van der Waals surface area contributed by atoms with Crippen LogP contribution in [0.25, 0.3) is 0 Å². The van der Waals surface area contributed by atoms with Crippen LogP contribution < -0.4 is 10.1 Å². The van der Waals surface area contributed by atoms with Gasteiger partial charge in [0.05, 0.1) is 41.1 Å². The van der Waals surface area contributed by atoms with E-state index in [2.05, 4.69) is 42.3 Å². The zero-order valence-electron chi connectivity index (χ0n) is 11.9. The minimum absolute atomic E-state index is 0.652. The Hall–Kier alpha value is -1.05. The van der Waals surface area contributed by atoms with Crippen LogP contribution in [-0.2, 0) is 17.8 Å². The number of halogens is 2. The van der Waals surface area contributed by atoms with E-state index in [0.29, 0.717) is 13.2 Å². The third-order valence-electron chi connectivity index (χ3n) is 2.92. The molecule has 0 aliphatic carbocycles. The van der Waals surface area contributed by atoms with Gasteiger partial charge >= 0.3 is 0 Å². The second-order valence-electron chi connectivity index (χ2n) is 4.43. The Morgan fingerprint density at radius 2 is 1.95 bits per heavy atom. The van der Waals surface area contributed by atoms with E-state index >= 15 is 0 Å². The average Bonchev–Trinajstić information content (AvgIpc) is 2.90. The smallest absolute Gasteiger partial charge is 0.147 e. The molecule has 2 aromatic rings. The summed E-state index contributed by atoms with van der Waals surface area (Å²) < 4.78 is 14.0. The number of aromatic nitrogens is 2. The monoisotopic (exact) mass is 417 g/mol. The Balaban J connectivity index is 1.98. The number of hydrogen-bond donors (Lipinski definition) is 1. The molecular weight excluding hydrogens is 402 g/mol. The van der Waals surface area contributed by atoms with Crippen LogP contribution in [0.5, 0.6) is 5.75 Å². The molecule has 7 heteroatoms. The zero-order chi connectivity index (χ0) is 15.2. The minimum atomic E-state index is 0.652. The molecule has 2 rings (SSSR count). The number of benzene rings is 1. The van der Waals surface area contributed by atoms with E-state index in [-0.39, 0.29) is 0 Å². The van der Waals surface area contributed by atoms with Gasteiger partial charge in [-0.05, 0) is 49.6 Å². The fourth-order valence-corrected chi connectivity index (χ4v) is 3.48. The molecule has 21 heavy (non-hydrogen) atoms. The van der Waals surface area contributed by atoms with E-state index in [9.17, 15) is 0 Å². The third-order valence-corrected chi connectivity index (χ3v) is 4.09. The summed E-state index contributed by atoms with van der Waals surface area (Å²) in [5.74, 6) is 0.797. The first-order valence-electron chi connectivity index (χ1n) is 6.41. The number of hydrogen-bond acceptors (Lipinski definition) is 4. The molecule has 0 amide bonds. The maximum absolute atomic E-state index is 5.30. The Kier molecular flexibility index (Phi) is 6.08. The van der Waals surface area contributed by atoms with Crippen molar-refractivity contribution in [2.24, 2.45) is 0 Å². The minimum Gasteiger partial charge on any atom is -0.494 e. The molecule has 0 fully saturated rings. The van der Waals surface area contributed by atoms with Crippen LogP contribution in [0.1, 0.15) is 5.56 Å². The topological polar surface area (TPSA) is 48.3 Å². The Labute approximate surface area is 140 Å². The molecule has 0 saturated heterocycles. The summed E-state index contributed by atoms with van der Waals surface area (Å²) in [5, 5.41) is 7.61. The quantitative estimate of drug-likeness (QED) is 0.745. The summed E-state index contributed by atoms with van der Waals surface area (Å²) in [6.45, 7) is 2.11. The highest BCUT2D eigenvalue weighted by atomic mass is 79.9. The average molecular weight is 419 g/mol. The van der Waals surface area contributed by atoms with Crippen LogP contribution in [0.4, 0.5) is 5.69 Å². The molecule has 0 atom stereocenters. The maximum Gasteiger partial charge on any atom is 0.147 e. The van der Waals surface area contributed by atoms with E-state index < -0.39 is 0 Å². The summed E-state index contributed by atoms with van der Waals surface area (Å²) >= 11 is 7.01. The summed E-state index contributed by atoms with van der Waals surface area (Å²) in [6, 6.07) is 4.07. The Morgan fingerprint density at radius 1 is 1.24 bits per heavy atom. The van der Waals surface area contributed by atoms with Gasteiger partial charge in [0.25, 0.3) is 0 Å². The molecular formula is C14H17Br2N3O2. The van der Waals surface area contributed by atoms with Crippen LogP contribution in [-0.4, -0.2) is 30.6 Å². The van der Waals surface area contributed by atoms with Gasteiger partial charge in [-0.1, -0.05) is 0 Å². The van der Waals surface area contributed by atoms with Crippen molar-refractivity contribution in [1.82, 2.24) is 9.78 Å². The van der Waals surface area contributed by atoms with Gasteiger partial charge in [-0.15, -0.1) is 0 Å². The number of ether oxygens (including phenoxy) is 2. The van der Waals surface area contributed by atoms with Gasteiger partial charge in [0.1, 0.15) is 5.75 Å². The first-order valence-corrected chi connectivity index (χ1v) is 8.00. The molecule has 0 aliphatic rings. The fourth-order valence-electron chi connectivity index (χ4n) is 1.88. The highest BCUT2D eigenvalue weighted by Crippen LogP contribution is 2.34. The van der Waals surface area contributed by atoms with E-state index in [1.807, 2.05) is 29.2 Å². The van der Waals surface area contributed by atoms with Crippen molar-refractivity contribution in [1.29, 1.82) is 0 Å². The number of rotatable bonds is 7. The Morgan fingerprint density at radius 3 is 2.57 bits per heavy atom. The molecule has 1 heterocycles. The zero-order valence-corrected chi connectivity index (χ0v) is 15.1. The predicted octanol–water partition coefficient (Wildman–Crippen LogP) is 3.68. The van der Waals surface area contributed by atoms with Crippen LogP contribution in [0.15, 0.2) is 33.5 Å². The largest absolute Gasteiger partial charge is 0.494 e. The highest BCUT2D eigenvalue weighted by Gasteiger charge is 2.08. The standard InChI is InChI=1S/C14H17Br2N3O2/c1-20-4-3-19-9-11(8-18-19)17-7-10-5-12(15)14(21-2)13(16)6-10/h5-6,8-9,17H,3-4,7H2,1-2H3. The van der Waals surface area contributed by atoms with E-state index in [4.69, 9.17) is 9.47 Å². The molecule has 0 aliphatic heterocycles. The number of anilines is 1. The van der Waals surface area contributed by atoms with E-state index in [0.717, 1.165) is 32.5 Å². The number of nitrogens with one attached hydrogen (secondary N) is 1. The lowest BCUT2D eigenvalue weighted by molar-refractivity contribution is 0.183. The summed E-state index contributed by atoms with van der Waals surface area (Å²) in [6.07, 6.45) is 3.77. The summed E-state index contributed by atoms with van der Waals surface area (Å²) in [5.41, 5.74) is 2.12. The first-order chi connectivity index (χ1) is 10.1. The number of nitrogens with zero attached hydrogens (tertiary/aromatic N) is 2.